The first-order valence-electron chi connectivity index (χ1n) is 10.5. The number of benzene rings is 1. The van der Waals surface area contributed by atoms with E-state index in [1.54, 1.807) is 6.26 Å². The third-order valence-electron chi connectivity index (χ3n) is 5.53. The molecule has 7 nitrogen and oxygen atoms in total. The molecule has 1 aliphatic rings. The van der Waals surface area contributed by atoms with Gasteiger partial charge < -0.3 is 13.6 Å². The molecular weight excluding hydrogens is 438 g/mol. The molecule has 0 saturated heterocycles. The summed E-state index contributed by atoms with van der Waals surface area (Å²) in [5.74, 6) is 0.994. The maximum atomic E-state index is 13.3. The van der Waals surface area contributed by atoms with E-state index in [1.807, 2.05) is 60.0 Å². The van der Waals surface area contributed by atoms with Crippen molar-refractivity contribution in [1.29, 1.82) is 0 Å². The van der Waals surface area contributed by atoms with Crippen molar-refractivity contribution in [2.45, 2.75) is 19.4 Å². The van der Waals surface area contributed by atoms with Crippen LogP contribution < -0.4 is 0 Å². The van der Waals surface area contributed by atoms with Gasteiger partial charge in [-0.2, -0.15) is 0 Å². The number of rotatable bonds is 5. The normalized spacial score (nSPS) is 14.1. The van der Waals surface area contributed by atoms with E-state index in [9.17, 15) is 4.79 Å². The van der Waals surface area contributed by atoms with Crippen LogP contribution in [0.1, 0.15) is 39.7 Å². The highest BCUT2D eigenvalue weighted by Gasteiger charge is 2.28. The average Bonchev–Trinajstić information content (AvgIpc) is 3.64. The molecule has 0 saturated carbocycles. The highest BCUT2D eigenvalue weighted by molar-refractivity contribution is 7.13. The Kier molecular flexibility index (Phi) is 4.84. The minimum Gasteiger partial charge on any atom is -0.465 e. The summed E-state index contributed by atoms with van der Waals surface area (Å²) in [6, 6.07) is 15.2. The van der Waals surface area contributed by atoms with Crippen LogP contribution in [0.5, 0.6) is 0 Å². The molecular formula is C25H17N3O4S. The molecule has 0 unspecified atom stereocenters. The van der Waals surface area contributed by atoms with Gasteiger partial charge in [0, 0.05) is 5.39 Å². The molecule has 1 aromatic carbocycles. The number of hydrogen-bond acceptors (Lipinski definition) is 8. The number of aromatic nitrogens is 3. The summed E-state index contributed by atoms with van der Waals surface area (Å²) >= 11 is 1.50. The number of esters is 1. The summed E-state index contributed by atoms with van der Waals surface area (Å²) in [6.45, 7) is -0.0995. The Bertz CT molecular complexity index is 1480. The smallest absolute Gasteiger partial charge is 0.339 e. The van der Waals surface area contributed by atoms with Crippen molar-refractivity contribution in [3.05, 3.63) is 88.6 Å². The van der Waals surface area contributed by atoms with Crippen LogP contribution in [-0.4, -0.2) is 21.2 Å². The monoisotopic (exact) mass is 455 g/mol. The Labute approximate surface area is 192 Å². The van der Waals surface area contributed by atoms with E-state index in [-0.39, 0.29) is 12.5 Å². The van der Waals surface area contributed by atoms with Crippen LogP contribution in [-0.2, 0) is 17.8 Å². The standard InChI is InChI=1S/C25H17N3O4S/c29-25(31-14-21-27-28-24(32-21)20-8-4-12-33-20)22-17-6-1-2-7-19(17)26-23-15(9-10-18(22)23)13-16-5-3-11-30-16/h1-8,11-13H,9-10,14H2. The molecule has 162 valence electrons. The number of allylic oxidation sites excluding steroid dienone is 1. The second-order valence-corrected chi connectivity index (χ2v) is 8.52. The number of nitrogens with zero attached hydrogens (tertiary/aromatic N) is 3. The minimum atomic E-state index is -0.431. The Morgan fingerprint density at radius 2 is 2.03 bits per heavy atom. The zero-order valence-corrected chi connectivity index (χ0v) is 18.2. The van der Waals surface area contributed by atoms with Gasteiger partial charge in [-0.05, 0) is 59.7 Å². The van der Waals surface area contributed by atoms with Crippen LogP contribution in [0.4, 0.5) is 0 Å². The van der Waals surface area contributed by atoms with E-state index < -0.39 is 5.97 Å². The van der Waals surface area contributed by atoms with E-state index in [2.05, 4.69) is 10.2 Å². The lowest BCUT2D eigenvalue weighted by Crippen LogP contribution is -2.10. The fourth-order valence-electron chi connectivity index (χ4n) is 4.07. The third-order valence-corrected chi connectivity index (χ3v) is 6.39. The molecule has 8 heteroatoms. The SMILES string of the molecule is O=C(OCc1nnc(-c2cccs2)o1)c1c2c(nc3ccccc13)C(=Cc1ccco1)CC2. The van der Waals surface area contributed by atoms with Crippen molar-refractivity contribution in [3.63, 3.8) is 0 Å². The molecule has 6 rings (SSSR count). The van der Waals surface area contributed by atoms with Gasteiger partial charge in [-0.3, -0.25) is 0 Å². The molecule has 1 aliphatic carbocycles. The first-order chi connectivity index (χ1) is 16.3. The molecule has 33 heavy (non-hydrogen) atoms. The van der Waals surface area contributed by atoms with Gasteiger partial charge >= 0.3 is 5.97 Å². The van der Waals surface area contributed by atoms with E-state index in [1.165, 1.54) is 11.3 Å². The maximum Gasteiger partial charge on any atom is 0.339 e. The number of fused-ring (bicyclic) bond motifs is 2. The Morgan fingerprint density at radius 1 is 1.09 bits per heavy atom. The van der Waals surface area contributed by atoms with Crippen LogP contribution in [0.15, 0.2) is 69.0 Å². The van der Waals surface area contributed by atoms with Crippen molar-refractivity contribution in [2.75, 3.05) is 0 Å². The van der Waals surface area contributed by atoms with E-state index in [0.29, 0.717) is 17.9 Å². The van der Waals surface area contributed by atoms with Crippen LogP contribution >= 0.6 is 11.3 Å². The summed E-state index contributed by atoms with van der Waals surface area (Å²) in [5, 5.41) is 10.7. The summed E-state index contributed by atoms with van der Waals surface area (Å²) < 4.78 is 16.7. The first kappa shape index (κ1) is 19.6. The predicted molar refractivity (Wildman–Crippen MR) is 123 cm³/mol. The fourth-order valence-corrected chi connectivity index (χ4v) is 4.71. The van der Waals surface area contributed by atoms with Gasteiger partial charge in [0.1, 0.15) is 5.76 Å². The van der Waals surface area contributed by atoms with Crippen molar-refractivity contribution in [2.24, 2.45) is 0 Å². The summed E-state index contributed by atoms with van der Waals surface area (Å²) in [5.41, 5.74) is 4.03. The summed E-state index contributed by atoms with van der Waals surface area (Å²) in [6.07, 6.45) is 5.09. The third kappa shape index (κ3) is 3.64. The predicted octanol–water partition coefficient (Wildman–Crippen LogP) is 5.78. The summed E-state index contributed by atoms with van der Waals surface area (Å²) in [7, 11) is 0. The van der Waals surface area contributed by atoms with Crippen LogP contribution in [0.3, 0.4) is 0 Å². The molecule has 0 N–H and O–H groups in total. The Hall–Kier alpha value is -4.04. The van der Waals surface area contributed by atoms with Crippen LogP contribution in [0, 0.1) is 0 Å². The van der Waals surface area contributed by atoms with Gasteiger partial charge in [0.2, 0.25) is 0 Å². The molecule has 0 amide bonds. The maximum absolute atomic E-state index is 13.3. The number of para-hydroxylation sites is 1. The zero-order chi connectivity index (χ0) is 22.2. The second kappa shape index (κ2) is 8.14. The number of ether oxygens (including phenoxy) is 1. The lowest BCUT2D eigenvalue weighted by atomic mass is 10.0. The van der Waals surface area contributed by atoms with Crippen LogP contribution in [0.2, 0.25) is 0 Å². The van der Waals surface area contributed by atoms with Gasteiger partial charge in [0.25, 0.3) is 11.8 Å². The largest absolute Gasteiger partial charge is 0.465 e. The van der Waals surface area contributed by atoms with Crippen molar-refractivity contribution in [1.82, 2.24) is 15.2 Å². The molecule has 4 heterocycles. The summed E-state index contributed by atoms with van der Waals surface area (Å²) in [4.78, 5) is 19.0. The van der Waals surface area contributed by atoms with Gasteiger partial charge in [0.05, 0.1) is 27.9 Å². The van der Waals surface area contributed by atoms with Crippen LogP contribution in [0.25, 0.3) is 33.3 Å². The number of hydrogen-bond donors (Lipinski definition) is 0. The molecule has 0 spiro atoms. The number of carbonyl (C=O) groups excluding carboxylic acids is 1. The lowest BCUT2D eigenvalue weighted by Gasteiger charge is -2.11. The quantitative estimate of drug-likeness (QED) is 0.310. The van der Waals surface area contributed by atoms with E-state index in [4.69, 9.17) is 18.6 Å². The molecule has 0 atom stereocenters. The van der Waals surface area contributed by atoms with E-state index in [0.717, 1.165) is 44.8 Å². The average molecular weight is 455 g/mol. The number of thiophene rings is 1. The van der Waals surface area contributed by atoms with Crippen molar-refractivity contribution < 1.29 is 18.4 Å². The van der Waals surface area contributed by atoms with Gasteiger partial charge in [-0.15, -0.1) is 21.5 Å². The molecule has 0 bridgehead atoms. The molecule has 0 aliphatic heterocycles. The molecule has 0 radical (unpaired) electrons. The van der Waals surface area contributed by atoms with Gasteiger partial charge in [-0.25, -0.2) is 9.78 Å². The second-order valence-electron chi connectivity index (χ2n) is 7.57. The van der Waals surface area contributed by atoms with Crippen molar-refractivity contribution >= 4 is 39.9 Å². The number of carbonyl (C=O) groups is 1. The highest BCUT2D eigenvalue weighted by Crippen LogP contribution is 2.38. The van der Waals surface area contributed by atoms with Crippen molar-refractivity contribution in [3.8, 4) is 10.8 Å². The van der Waals surface area contributed by atoms with Gasteiger partial charge in [0.15, 0.2) is 6.61 Å². The highest BCUT2D eigenvalue weighted by atomic mass is 32.1. The van der Waals surface area contributed by atoms with Gasteiger partial charge in [-0.1, -0.05) is 24.3 Å². The Morgan fingerprint density at radius 3 is 2.88 bits per heavy atom. The first-order valence-corrected chi connectivity index (χ1v) is 11.3. The molecule has 4 aromatic heterocycles. The minimum absolute atomic E-state index is 0.0995. The lowest BCUT2D eigenvalue weighted by molar-refractivity contribution is 0.0440. The fraction of sp³-hybridized carbons (Fsp3) is 0.120. The molecule has 5 aromatic rings. The molecule has 0 fully saturated rings. The topological polar surface area (TPSA) is 91.2 Å². The number of pyridine rings is 1. The van der Waals surface area contributed by atoms with E-state index >= 15 is 0 Å². The zero-order valence-electron chi connectivity index (χ0n) is 17.4. The number of furan rings is 1. The Balaban J connectivity index is 1.33.